The van der Waals surface area contributed by atoms with Gasteiger partial charge in [0.2, 0.25) is 0 Å². The summed E-state index contributed by atoms with van der Waals surface area (Å²) in [5.74, 6) is -2.35. The van der Waals surface area contributed by atoms with Gasteiger partial charge in [-0.15, -0.1) is 0 Å². The van der Waals surface area contributed by atoms with Crippen LogP contribution in [0.4, 0.5) is 14.5 Å². The van der Waals surface area contributed by atoms with Gasteiger partial charge in [0.15, 0.2) is 17.3 Å². The third-order valence-corrected chi connectivity index (χ3v) is 2.89. The lowest BCUT2D eigenvalue weighted by atomic mass is 10.2. The van der Waals surface area contributed by atoms with Gasteiger partial charge in [0.25, 0.3) is 5.91 Å². The second kappa shape index (κ2) is 5.68. The van der Waals surface area contributed by atoms with Gasteiger partial charge < -0.3 is 11.1 Å². The summed E-state index contributed by atoms with van der Waals surface area (Å²) in [7, 11) is 0. The van der Waals surface area contributed by atoms with Gasteiger partial charge in [0, 0.05) is 6.54 Å². The molecule has 0 atom stereocenters. The number of amides is 1. The summed E-state index contributed by atoms with van der Waals surface area (Å²) in [4.78, 5) is 11.9. The van der Waals surface area contributed by atoms with Crippen molar-refractivity contribution in [2.24, 2.45) is 0 Å². The summed E-state index contributed by atoms with van der Waals surface area (Å²) in [6.07, 6.45) is 0.634. The van der Waals surface area contributed by atoms with Crippen molar-refractivity contribution in [1.29, 1.82) is 0 Å². The van der Waals surface area contributed by atoms with Gasteiger partial charge in [-0.1, -0.05) is 13.0 Å². The van der Waals surface area contributed by atoms with Crippen LogP contribution in [0.3, 0.4) is 0 Å². The van der Waals surface area contributed by atoms with Crippen LogP contribution in [0.25, 0.3) is 0 Å². The molecule has 0 unspecified atom stereocenters. The van der Waals surface area contributed by atoms with E-state index in [0.717, 1.165) is 12.1 Å². The average molecular weight is 280 g/mol. The Balaban J connectivity index is 2.04. The standard InChI is InChI=1S/C13H14F2N4O/c1-2-10-11(16)12(19-18-10)13(20)17-6-7-3-4-8(14)9(15)5-7/h3-5H,2,6,16H2,1H3,(H,17,20)(H,18,19). The van der Waals surface area contributed by atoms with Crippen molar-refractivity contribution >= 4 is 11.6 Å². The molecule has 106 valence electrons. The van der Waals surface area contributed by atoms with E-state index in [-0.39, 0.29) is 12.2 Å². The van der Waals surface area contributed by atoms with Crippen LogP contribution in [0, 0.1) is 11.6 Å². The highest BCUT2D eigenvalue weighted by Crippen LogP contribution is 2.14. The molecule has 20 heavy (non-hydrogen) atoms. The molecule has 0 bridgehead atoms. The summed E-state index contributed by atoms with van der Waals surface area (Å²) in [5.41, 5.74) is 7.30. The average Bonchev–Trinajstić information content (AvgIpc) is 2.81. The van der Waals surface area contributed by atoms with Gasteiger partial charge in [-0.05, 0) is 24.1 Å². The molecule has 0 aliphatic heterocycles. The van der Waals surface area contributed by atoms with E-state index in [2.05, 4.69) is 15.5 Å². The molecule has 1 amide bonds. The fourth-order valence-corrected chi connectivity index (χ4v) is 1.75. The highest BCUT2D eigenvalue weighted by atomic mass is 19.2. The predicted molar refractivity (Wildman–Crippen MR) is 69.9 cm³/mol. The first-order valence-electron chi connectivity index (χ1n) is 6.07. The number of carbonyl (C=O) groups excluding carboxylic acids is 1. The Hall–Kier alpha value is -2.44. The number of halogens is 2. The first kappa shape index (κ1) is 14.0. The quantitative estimate of drug-likeness (QED) is 0.798. The van der Waals surface area contributed by atoms with Crippen molar-refractivity contribution in [2.45, 2.75) is 19.9 Å². The highest BCUT2D eigenvalue weighted by Gasteiger charge is 2.16. The number of nitrogens with one attached hydrogen (secondary N) is 2. The minimum atomic E-state index is -0.954. The molecular formula is C13H14F2N4O. The molecule has 0 saturated heterocycles. The first-order valence-corrected chi connectivity index (χ1v) is 6.07. The molecule has 0 fully saturated rings. The monoisotopic (exact) mass is 280 g/mol. The second-order valence-corrected chi connectivity index (χ2v) is 4.25. The normalized spacial score (nSPS) is 10.6. The Bertz CT molecular complexity index is 639. The van der Waals surface area contributed by atoms with Crippen LogP contribution in [0.5, 0.6) is 0 Å². The van der Waals surface area contributed by atoms with Crippen LogP contribution in [-0.4, -0.2) is 16.1 Å². The lowest BCUT2D eigenvalue weighted by Crippen LogP contribution is -2.24. The number of nitrogen functional groups attached to an aromatic ring is 1. The third-order valence-electron chi connectivity index (χ3n) is 2.89. The number of nitrogens with zero attached hydrogens (tertiary/aromatic N) is 1. The van der Waals surface area contributed by atoms with Crippen LogP contribution >= 0.6 is 0 Å². The zero-order chi connectivity index (χ0) is 14.7. The maximum absolute atomic E-state index is 13.0. The van der Waals surface area contributed by atoms with E-state index in [1.807, 2.05) is 6.92 Å². The number of hydrogen-bond donors (Lipinski definition) is 3. The van der Waals surface area contributed by atoms with E-state index >= 15 is 0 Å². The maximum Gasteiger partial charge on any atom is 0.274 e. The summed E-state index contributed by atoms with van der Waals surface area (Å²) in [5, 5.41) is 9.06. The van der Waals surface area contributed by atoms with Gasteiger partial charge in [0.05, 0.1) is 11.4 Å². The molecule has 0 radical (unpaired) electrons. The Morgan fingerprint density at radius 3 is 2.75 bits per heavy atom. The van der Waals surface area contributed by atoms with Crippen molar-refractivity contribution in [3.05, 3.63) is 46.8 Å². The fourth-order valence-electron chi connectivity index (χ4n) is 1.75. The van der Waals surface area contributed by atoms with E-state index in [1.165, 1.54) is 6.07 Å². The molecule has 1 aromatic heterocycles. The molecule has 0 saturated carbocycles. The van der Waals surface area contributed by atoms with Crippen molar-refractivity contribution < 1.29 is 13.6 Å². The van der Waals surface area contributed by atoms with Crippen molar-refractivity contribution in [3.63, 3.8) is 0 Å². The minimum absolute atomic E-state index is 0.0593. The van der Waals surface area contributed by atoms with E-state index in [4.69, 9.17) is 5.73 Å². The molecule has 7 heteroatoms. The predicted octanol–water partition coefficient (Wildman–Crippen LogP) is 1.76. The number of carbonyl (C=O) groups is 1. The van der Waals surface area contributed by atoms with E-state index < -0.39 is 17.5 Å². The Morgan fingerprint density at radius 2 is 2.15 bits per heavy atom. The van der Waals surface area contributed by atoms with Gasteiger partial charge in [-0.3, -0.25) is 9.89 Å². The lowest BCUT2D eigenvalue weighted by molar-refractivity contribution is 0.0946. The topological polar surface area (TPSA) is 83.8 Å². The molecule has 0 aliphatic rings. The van der Waals surface area contributed by atoms with Crippen molar-refractivity contribution in [1.82, 2.24) is 15.5 Å². The molecular weight excluding hydrogens is 266 g/mol. The van der Waals surface area contributed by atoms with Crippen LogP contribution < -0.4 is 11.1 Å². The number of benzene rings is 1. The number of nitrogens with two attached hydrogens (primary N) is 1. The SMILES string of the molecule is CCc1[nH]nc(C(=O)NCc2ccc(F)c(F)c2)c1N. The molecule has 1 heterocycles. The lowest BCUT2D eigenvalue weighted by Gasteiger charge is -2.05. The minimum Gasteiger partial charge on any atom is -0.395 e. The van der Waals surface area contributed by atoms with E-state index in [1.54, 1.807) is 0 Å². The Kier molecular flexibility index (Phi) is 3.97. The molecule has 4 N–H and O–H groups in total. The van der Waals surface area contributed by atoms with Gasteiger partial charge >= 0.3 is 0 Å². The van der Waals surface area contributed by atoms with Crippen LogP contribution in [0.1, 0.15) is 28.7 Å². The van der Waals surface area contributed by atoms with Gasteiger partial charge in [0.1, 0.15) is 0 Å². The summed E-state index contributed by atoms with van der Waals surface area (Å²) < 4.78 is 25.8. The van der Waals surface area contributed by atoms with E-state index in [0.29, 0.717) is 23.4 Å². The third kappa shape index (κ3) is 2.76. The van der Waals surface area contributed by atoms with Gasteiger partial charge in [-0.2, -0.15) is 5.10 Å². The number of aryl methyl sites for hydroxylation is 1. The van der Waals surface area contributed by atoms with Crippen LogP contribution in [0.2, 0.25) is 0 Å². The van der Waals surface area contributed by atoms with Crippen LogP contribution in [-0.2, 0) is 13.0 Å². The number of hydrogen-bond acceptors (Lipinski definition) is 3. The summed E-state index contributed by atoms with van der Waals surface area (Å²) in [6.45, 7) is 1.94. The Labute approximate surface area is 114 Å². The maximum atomic E-state index is 13.0. The molecule has 2 aromatic rings. The number of H-pyrrole nitrogens is 1. The smallest absolute Gasteiger partial charge is 0.274 e. The summed E-state index contributed by atoms with van der Waals surface area (Å²) >= 11 is 0. The first-order chi connectivity index (χ1) is 9.52. The molecule has 1 aromatic carbocycles. The van der Waals surface area contributed by atoms with E-state index in [9.17, 15) is 13.6 Å². The molecule has 5 nitrogen and oxygen atoms in total. The fraction of sp³-hybridized carbons (Fsp3) is 0.231. The van der Waals surface area contributed by atoms with Gasteiger partial charge in [-0.25, -0.2) is 8.78 Å². The zero-order valence-electron chi connectivity index (χ0n) is 10.8. The van der Waals surface area contributed by atoms with Crippen molar-refractivity contribution in [2.75, 3.05) is 5.73 Å². The Morgan fingerprint density at radius 1 is 1.40 bits per heavy atom. The zero-order valence-corrected chi connectivity index (χ0v) is 10.8. The molecule has 0 spiro atoms. The number of aromatic nitrogens is 2. The highest BCUT2D eigenvalue weighted by molar-refractivity contribution is 5.97. The summed E-state index contributed by atoms with van der Waals surface area (Å²) in [6, 6.07) is 3.43. The largest absolute Gasteiger partial charge is 0.395 e. The number of anilines is 1. The second-order valence-electron chi connectivity index (χ2n) is 4.25. The van der Waals surface area contributed by atoms with Crippen LogP contribution in [0.15, 0.2) is 18.2 Å². The number of rotatable bonds is 4. The number of aromatic amines is 1. The molecule has 0 aliphatic carbocycles. The molecule has 2 rings (SSSR count). The van der Waals surface area contributed by atoms with Crippen molar-refractivity contribution in [3.8, 4) is 0 Å².